The second kappa shape index (κ2) is 7.66. The van der Waals surface area contributed by atoms with Gasteiger partial charge in [-0.15, -0.1) is 0 Å². The molecule has 3 aliphatic heterocycles. The number of nitrogens with zero attached hydrogens (tertiary/aromatic N) is 4. The summed E-state index contributed by atoms with van der Waals surface area (Å²) in [5.74, 6) is -0.0360. The Bertz CT molecular complexity index is 638. The SMILES string of the molecule is CN1CCc2[nH]nc(C(=O)N3CC[C@H](N4CCCCCC4)[C@@H](O)C3)c2C1. The standard InChI is InChI=1S/C19H31N5O2/c1-22-10-6-15-14(12-22)18(21-20-15)19(26)24-11-7-16(17(25)13-24)23-8-4-2-3-5-9-23/h16-17,25H,2-13H2,1H3,(H,20,21)/t16-,17-/m0/s1. The Balaban J connectivity index is 1.42. The van der Waals surface area contributed by atoms with Crippen molar-refractivity contribution in [1.82, 2.24) is 24.9 Å². The van der Waals surface area contributed by atoms with Gasteiger partial charge < -0.3 is 14.9 Å². The van der Waals surface area contributed by atoms with Crippen LogP contribution < -0.4 is 0 Å². The normalized spacial score (nSPS) is 28.6. The lowest BCUT2D eigenvalue weighted by Crippen LogP contribution is -2.55. The number of carbonyl (C=O) groups excluding carboxylic acids is 1. The molecule has 0 radical (unpaired) electrons. The van der Waals surface area contributed by atoms with Gasteiger partial charge in [0.25, 0.3) is 5.91 Å². The predicted octanol–water partition coefficient (Wildman–Crippen LogP) is 0.849. The summed E-state index contributed by atoms with van der Waals surface area (Å²) in [4.78, 5) is 19.5. The third-order valence-corrected chi connectivity index (χ3v) is 6.27. The maximum atomic E-state index is 13.0. The van der Waals surface area contributed by atoms with Gasteiger partial charge in [0.05, 0.1) is 6.10 Å². The van der Waals surface area contributed by atoms with E-state index in [0.29, 0.717) is 18.8 Å². The van der Waals surface area contributed by atoms with E-state index in [4.69, 9.17) is 0 Å². The van der Waals surface area contributed by atoms with Crippen molar-refractivity contribution in [1.29, 1.82) is 0 Å². The Labute approximate surface area is 155 Å². The lowest BCUT2D eigenvalue weighted by atomic mass is 9.98. The summed E-state index contributed by atoms with van der Waals surface area (Å²) >= 11 is 0. The number of H-pyrrole nitrogens is 1. The third-order valence-electron chi connectivity index (χ3n) is 6.27. The molecule has 7 heteroatoms. The van der Waals surface area contributed by atoms with E-state index in [9.17, 15) is 9.90 Å². The molecule has 26 heavy (non-hydrogen) atoms. The fourth-order valence-electron chi connectivity index (χ4n) is 4.71. The summed E-state index contributed by atoms with van der Waals surface area (Å²) in [5.41, 5.74) is 2.67. The van der Waals surface area contributed by atoms with Crippen molar-refractivity contribution in [3.63, 3.8) is 0 Å². The molecule has 3 aliphatic rings. The fraction of sp³-hybridized carbons (Fsp3) is 0.789. The number of aliphatic hydroxyl groups is 1. The molecular formula is C19H31N5O2. The van der Waals surface area contributed by atoms with Crippen molar-refractivity contribution in [2.75, 3.05) is 39.8 Å². The van der Waals surface area contributed by atoms with Crippen LogP contribution in [0.5, 0.6) is 0 Å². The van der Waals surface area contributed by atoms with Gasteiger partial charge in [-0.2, -0.15) is 5.10 Å². The van der Waals surface area contributed by atoms with Crippen molar-refractivity contribution >= 4 is 5.91 Å². The molecule has 4 heterocycles. The summed E-state index contributed by atoms with van der Waals surface area (Å²) in [6.45, 7) is 5.03. The van der Waals surface area contributed by atoms with Crippen LogP contribution in [-0.4, -0.2) is 87.8 Å². The largest absolute Gasteiger partial charge is 0.390 e. The van der Waals surface area contributed by atoms with Crippen molar-refractivity contribution in [2.24, 2.45) is 0 Å². The molecule has 4 rings (SSSR count). The van der Waals surface area contributed by atoms with Gasteiger partial charge in [-0.05, 0) is 39.4 Å². The number of aromatic nitrogens is 2. The van der Waals surface area contributed by atoms with Gasteiger partial charge >= 0.3 is 0 Å². The zero-order valence-electron chi connectivity index (χ0n) is 15.8. The number of hydrogen-bond acceptors (Lipinski definition) is 5. The zero-order chi connectivity index (χ0) is 18.1. The molecule has 0 unspecified atom stereocenters. The fourth-order valence-corrected chi connectivity index (χ4v) is 4.71. The molecule has 1 aromatic rings. The quantitative estimate of drug-likeness (QED) is 0.817. The van der Waals surface area contributed by atoms with Crippen LogP contribution in [0.15, 0.2) is 0 Å². The molecule has 2 fully saturated rings. The van der Waals surface area contributed by atoms with Crippen LogP contribution in [0, 0.1) is 0 Å². The lowest BCUT2D eigenvalue weighted by molar-refractivity contribution is -0.00830. The highest BCUT2D eigenvalue weighted by molar-refractivity contribution is 5.94. The van der Waals surface area contributed by atoms with Gasteiger partial charge in [0.1, 0.15) is 0 Å². The number of carbonyl (C=O) groups is 1. The molecule has 0 bridgehead atoms. The van der Waals surface area contributed by atoms with Gasteiger partial charge in [0.2, 0.25) is 0 Å². The first-order valence-corrected chi connectivity index (χ1v) is 10.1. The van der Waals surface area contributed by atoms with Crippen LogP contribution in [0.1, 0.15) is 53.8 Å². The average molecular weight is 361 g/mol. The van der Waals surface area contributed by atoms with Crippen LogP contribution in [-0.2, 0) is 13.0 Å². The molecule has 0 aromatic carbocycles. The van der Waals surface area contributed by atoms with Crippen molar-refractivity contribution in [2.45, 2.75) is 57.2 Å². The molecule has 0 spiro atoms. The molecule has 7 nitrogen and oxygen atoms in total. The maximum absolute atomic E-state index is 13.0. The van der Waals surface area contributed by atoms with Crippen LogP contribution >= 0.6 is 0 Å². The zero-order valence-corrected chi connectivity index (χ0v) is 15.8. The number of aromatic amines is 1. The van der Waals surface area contributed by atoms with E-state index in [0.717, 1.165) is 50.3 Å². The van der Waals surface area contributed by atoms with E-state index < -0.39 is 6.10 Å². The third kappa shape index (κ3) is 3.52. The Hall–Kier alpha value is -1.44. The number of nitrogens with one attached hydrogen (secondary N) is 1. The van der Waals surface area contributed by atoms with E-state index in [-0.39, 0.29) is 11.9 Å². The number of likely N-dealkylation sites (tertiary alicyclic amines) is 2. The van der Waals surface area contributed by atoms with Crippen molar-refractivity contribution in [3.05, 3.63) is 17.0 Å². The Morgan fingerprint density at radius 1 is 1.15 bits per heavy atom. The van der Waals surface area contributed by atoms with E-state index in [1.807, 2.05) is 0 Å². The summed E-state index contributed by atoms with van der Waals surface area (Å²) in [5, 5.41) is 18.1. The number of amides is 1. The molecule has 2 saturated heterocycles. The number of piperidine rings is 1. The number of likely N-dealkylation sites (N-methyl/N-ethyl adjacent to an activating group) is 1. The van der Waals surface area contributed by atoms with E-state index in [1.165, 1.54) is 25.7 Å². The Morgan fingerprint density at radius 3 is 2.65 bits per heavy atom. The highest BCUT2D eigenvalue weighted by Crippen LogP contribution is 2.24. The molecular weight excluding hydrogens is 330 g/mol. The minimum absolute atomic E-state index is 0.0360. The van der Waals surface area contributed by atoms with Gasteiger partial charge in [-0.3, -0.25) is 14.8 Å². The first-order valence-electron chi connectivity index (χ1n) is 10.1. The molecule has 2 atom stereocenters. The lowest BCUT2D eigenvalue weighted by Gasteiger charge is -2.41. The first kappa shape index (κ1) is 17.9. The number of β-amino-alcohol motifs (C(OH)–C–C–N with tert-alkyl or cyclic N) is 1. The first-order chi connectivity index (χ1) is 12.6. The molecule has 2 N–H and O–H groups in total. The smallest absolute Gasteiger partial charge is 0.274 e. The molecule has 0 saturated carbocycles. The second-order valence-electron chi connectivity index (χ2n) is 8.14. The molecule has 1 amide bonds. The number of rotatable bonds is 2. The van der Waals surface area contributed by atoms with E-state index in [1.54, 1.807) is 4.90 Å². The van der Waals surface area contributed by atoms with Crippen LogP contribution in [0.3, 0.4) is 0 Å². The van der Waals surface area contributed by atoms with Gasteiger partial charge in [-0.1, -0.05) is 12.8 Å². The predicted molar refractivity (Wildman–Crippen MR) is 99.0 cm³/mol. The molecule has 144 valence electrons. The van der Waals surface area contributed by atoms with Gasteiger partial charge in [0, 0.05) is 49.9 Å². The summed E-state index contributed by atoms with van der Waals surface area (Å²) < 4.78 is 0. The highest BCUT2D eigenvalue weighted by atomic mass is 16.3. The molecule has 0 aliphatic carbocycles. The average Bonchev–Trinajstić information content (AvgIpc) is 2.86. The van der Waals surface area contributed by atoms with Gasteiger partial charge in [0.15, 0.2) is 5.69 Å². The summed E-state index contributed by atoms with van der Waals surface area (Å²) in [6.07, 6.45) is 6.32. The Kier molecular flexibility index (Phi) is 5.29. The topological polar surface area (TPSA) is 75.7 Å². The molecule has 1 aromatic heterocycles. The summed E-state index contributed by atoms with van der Waals surface area (Å²) in [7, 11) is 2.07. The highest BCUT2D eigenvalue weighted by Gasteiger charge is 2.36. The number of aliphatic hydroxyl groups excluding tert-OH is 1. The monoisotopic (exact) mass is 361 g/mol. The minimum atomic E-state index is -0.469. The minimum Gasteiger partial charge on any atom is -0.390 e. The van der Waals surface area contributed by atoms with Crippen molar-refractivity contribution in [3.8, 4) is 0 Å². The van der Waals surface area contributed by atoms with Crippen LogP contribution in [0.25, 0.3) is 0 Å². The van der Waals surface area contributed by atoms with Crippen LogP contribution in [0.4, 0.5) is 0 Å². The number of fused-ring (bicyclic) bond motifs is 1. The van der Waals surface area contributed by atoms with E-state index in [2.05, 4.69) is 27.0 Å². The van der Waals surface area contributed by atoms with Crippen molar-refractivity contribution < 1.29 is 9.90 Å². The Morgan fingerprint density at radius 2 is 1.92 bits per heavy atom. The van der Waals surface area contributed by atoms with Gasteiger partial charge in [-0.25, -0.2) is 0 Å². The second-order valence-corrected chi connectivity index (χ2v) is 8.14. The van der Waals surface area contributed by atoms with Crippen LogP contribution in [0.2, 0.25) is 0 Å². The summed E-state index contributed by atoms with van der Waals surface area (Å²) in [6, 6.07) is 0.191. The van der Waals surface area contributed by atoms with E-state index >= 15 is 0 Å². The number of hydrogen-bond donors (Lipinski definition) is 2. The maximum Gasteiger partial charge on any atom is 0.274 e.